The summed E-state index contributed by atoms with van der Waals surface area (Å²) in [6.07, 6.45) is -3.77. The van der Waals surface area contributed by atoms with E-state index < -0.39 is 27.4 Å². The Labute approximate surface area is 199 Å². The largest absolute Gasteiger partial charge is 0.423 e. The van der Waals surface area contributed by atoms with E-state index in [0.717, 1.165) is 16.7 Å². The molecule has 0 atom stereocenters. The van der Waals surface area contributed by atoms with Gasteiger partial charge in [-0.1, -0.05) is 42.5 Å². The van der Waals surface area contributed by atoms with Crippen molar-refractivity contribution in [1.29, 1.82) is 0 Å². The van der Waals surface area contributed by atoms with Gasteiger partial charge in [-0.3, -0.25) is 0 Å². The predicted octanol–water partition coefficient (Wildman–Crippen LogP) is 5.15. The Morgan fingerprint density at radius 3 is 2.29 bits per heavy atom. The molecule has 5 nitrogen and oxygen atoms in total. The van der Waals surface area contributed by atoms with Crippen LogP contribution in [0.4, 0.5) is 13.2 Å². The molecule has 35 heavy (non-hydrogen) atoms. The topological polar surface area (TPSA) is 67.6 Å². The van der Waals surface area contributed by atoms with Crippen LogP contribution in [0.3, 0.4) is 0 Å². The summed E-state index contributed by atoms with van der Waals surface area (Å²) in [6.45, 7) is 0.713. The van der Waals surface area contributed by atoms with Crippen molar-refractivity contribution in [2.24, 2.45) is 0 Å². The Morgan fingerprint density at radius 1 is 0.886 bits per heavy atom. The van der Waals surface area contributed by atoms with Crippen LogP contribution in [0, 0.1) is 0 Å². The molecule has 2 heterocycles. The van der Waals surface area contributed by atoms with Gasteiger partial charge in [-0.2, -0.15) is 17.5 Å². The smallest absolute Gasteiger partial charge is 0.417 e. The van der Waals surface area contributed by atoms with Crippen LogP contribution in [0.2, 0.25) is 0 Å². The molecule has 5 rings (SSSR count). The van der Waals surface area contributed by atoms with Gasteiger partial charge >= 0.3 is 11.8 Å². The average molecular weight is 500 g/mol. The molecule has 0 aliphatic carbocycles. The molecule has 1 aromatic heterocycles. The van der Waals surface area contributed by atoms with Crippen molar-refractivity contribution >= 4 is 21.0 Å². The van der Waals surface area contributed by atoms with E-state index in [1.807, 2.05) is 24.3 Å². The Bertz CT molecular complexity index is 1580. The fourth-order valence-electron chi connectivity index (χ4n) is 4.39. The number of sulfonamides is 1. The highest BCUT2D eigenvalue weighted by Crippen LogP contribution is 2.34. The molecular weight excluding hydrogens is 479 g/mol. The van der Waals surface area contributed by atoms with E-state index in [9.17, 15) is 26.4 Å². The molecule has 0 amide bonds. The average Bonchev–Trinajstić information content (AvgIpc) is 2.83. The van der Waals surface area contributed by atoms with Crippen molar-refractivity contribution in [3.8, 4) is 0 Å². The molecule has 0 unspecified atom stereocenters. The van der Waals surface area contributed by atoms with Crippen LogP contribution in [0.5, 0.6) is 0 Å². The molecule has 0 saturated carbocycles. The maximum atomic E-state index is 13.4. The standard InChI is InChI=1S/C26H20F3NO4S/c27-26(28,29)23-15-25(31)34-24-10-7-18(14-22(23)24)13-17-5-8-21(9-6-17)35(32,33)30-12-11-19-3-1-2-4-20(19)16-30/h1-10,14-15H,11-13,16H2. The third kappa shape index (κ3) is 4.61. The number of nitrogens with zero attached hydrogens (tertiary/aromatic N) is 1. The van der Waals surface area contributed by atoms with Crippen molar-refractivity contribution in [2.45, 2.75) is 30.5 Å². The first-order valence-electron chi connectivity index (χ1n) is 10.9. The Kier molecular flexibility index (Phi) is 5.77. The number of rotatable bonds is 4. The van der Waals surface area contributed by atoms with Crippen LogP contribution in [0.1, 0.15) is 27.8 Å². The van der Waals surface area contributed by atoms with Gasteiger partial charge in [0.25, 0.3) is 0 Å². The second-order valence-corrected chi connectivity index (χ2v) is 10.4. The van der Waals surface area contributed by atoms with Crippen LogP contribution in [-0.2, 0) is 35.6 Å². The summed E-state index contributed by atoms with van der Waals surface area (Å²) in [5.74, 6) is 0. The van der Waals surface area contributed by atoms with E-state index >= 15 is 0 Å². The summed E-state index contributed by atoms with van der Waals surface area (Å²) in [5, 5.41) is -0.195. The summed E-state index contributed by atoms with van der Waals surface area (Å²) in [5.41, 5.74) is 1.19. The number of alkyl halides is 3. The van der Waals surface area contributed by atoms with E-state index in [1.165, 1.54) is 28.6 Å². The van der Waals surface area contributed by atoms with Crippen molar-refractivity contribution in [1.82, 2.24) is 4.31 Å². The first-order valence-corrected chi connectivity index (χ1v) is 12.4. The number of hydrogen-bond acceptors (Lipinski definition) is 4. The lowest BCUT2D eigenvalue weighted by Crippen LogP contribution is -2.35. The molecule has 1 aliphatic rings. The van der Waals surface area contributed by atoms with E-state index in [4.69, 9.17) is 4.42 Å². The third-order valence-corrected chi connectivity index (χ3v) is 8.04. The SMILES string of the molecule is O=c1cc(C(F)(F)F)c2cc(Cc3ccc(S(=O)(=O)N4CCc5ccccc5C4)cc3)ccc2o1. The normalized spacial score (nSPS) is 14.7. The highest BCUT2D eigenvalue weighted by atomic mass is 32.2. The lowest BCUT2D eigenvalue weighted by atomic mass is 10.0. The minimum atomic E-state index is -4.70. The molecular formula is C26H20F3NO4S. The zero-order valence-electron chi connectivity index (χ0n) is 18.4. The van der Waals surface area contributed by atoms with E-state index in [2.05, 4.69) is 0 Å². The summed E-state index contributed by atoms with van der Waals surface area (Å²) in [7, 11) is -3.68. The first-order chi connectivity index (χ1) is 16.6. The van der Waals surface area contributed by atoms with Crippen molar-refractivity contribution in [2.75, 3.05) is 6.54 Å². The zero-order valence-corrected chi connectivity index (χ0v) is 19.2. The minimum absolute atomic E-state index is 0.141. The van der Waals surface area contributed by atoms with Crippen LogP contribution < -0.4 is 5.63 Å². The molecule has 0 fully saturated rings. The molecule has 180 valence electrons. The fraction of sp³-hybridized carbons (Fsp3) is 0.192. The molecule has 0 spiro atoms. The highest BCUT2D eigenvalue weighted by molar-refractivity contribution is 7.89. The number of benzene rings is 3. The van der Waals surface area contributed by atoms with Gasteiger partial charge < -0.3 is 4.42 Å². The predicted molar refractivity (Wildman–Crippen MR) is 124 cm³/mol. The van der Waals surface area contributed by atoms with E-state index in [0.29, 0.717) is 31.1 Å². The summed E-state index contributed by atoms with van der Waals surface area (Å²) in [4.78, 5) is 11.7. The molecule has 3 aromatic carbocycles. The van der Waals surface area contributed by atoms with Gasteiger partial charge in [0.2, 0.25) is 10.0 Å². The van der Waals surface area contributed by atoms with Crippen LogP contribution in [-0.4, -0.2) is 19.3 Å². The van der Waals surface area contributed by atoms with Crippen molar-refractivity contribution in [3.05, 3.63) is 111 Å². The first kappa shape index (κ1) is 23.3. The Hall–Kier alpha value is -3.43. The second kappa shape index (κ2) is 8.66. The quantitative estimate of drug-likeness (QED) is 0.364. The van der Waals surface area contributed by atoms with Crippen molar-refractivity contribution in [3.63, 3.8) is 0 Å². The second-order valence-electron chi connectivity index (χ2n) is 8.49. The minimum Gasteiger partial charge on any atom is -0.423 e. The van der Waals surface area contributed by atoms with Crippen LogP contribution in [0.25, 0.3) is 11.0 Å². The van der Waals surface area contributed by atoms with Gasteiger partial charge in [-0.05, 0) is 59.4 Å². The maximum absolute atomic E-state index is 13.4. The fourth-order valence-corrected chi connectivity index (χ4v) is 5.81. The van der Waals surface area contributed by atoms with E-state index in [1.54, 1.807) is 18.2 Å². The highest BCUT2D eigenvalue weighted by Gasteiger charge is 2.34. The van der Waals surface area contributed by atoms with Gasteiger partial charge in [0.05, 0.1) is 10.5 Å². The van der Waals surface area contributed by atoms with Gasteiger partial charge in [0.1, 0.15) is 5.58 Å². The Balaban J connectivity index is 1.39. The van der Waals surface area contributed by atoms with Gasteiger partial charge in [-0.15, -0.1) is 0 Å². The maximum Gasteiger partial charge on any atom is 0.417 e. The molecule has 4 aromatic rings. The van der Waals surface area contributed by atoms with Crippen LogP contribution in [0.15, 0.2) is 86.9 Å². The molecule has 9 heteroatoms. The summed E-state index contributed by atoms with van der Waals surface area (Å²) >= 11 is 0. The lowest BCUT2D eigenvalue weighted by Gasteiger charge is -2.28. The summed E-state index contributed by atoms with van der Waals surface area (Å²) in [6, 6.07) is 18.8. The van der Waals surface area contributed by atoms with Crippen LogP contribution >= 0.6 is 0 Å². The number of hydrogen-bond donors (Lipinski definition) is 0. The lowest BCUT2D eigenvalue weighted by molar-refractivity contribution is -0.136. The zero-order chi connectivity index (χ0) is 24.8. The summed E-state index contributed by atoms with van der Waals surface area (Å²) < 4.78 is 72.9. The monoisotopic (exact) mass is 499 g/mol. The number of fused-ring (bicyclic) bond motifs is 2. The number of halogens is 3. The van der Waals surface area contributed by atoms with Crippen molar-refractivity contribution < 1.29 is 26.0 Å². The van der Waals surface area contributed by atoms with Gasteiger partial charge in [-0.25, -0.2) is 13.2 Å². The molecule has 0 radical (unpaired) electrons. The molecule has 0 N–H and O–H groups in total. The molecule has 1 aliphatic heterocycles. The molecule has 0 saturated heterocycles. The van der Waals surface area contributed by atoms with Gasteiger partial charge in [0.15, 0.2) is 0 Å². The van der Waals surface area contributed by atoms with E-state index in [-0.39, 0.29) is 22.3 Å². The Morgan fingerprint density at radius 2 is 1.57 bits per heavy atom. The third-order valence-electron chi connectivity index (χ3n) is 6.18. The van der Waals surface area contributed by atoms with Gasteiger partial charge in [0, 0.05) is 24.5 Å². The molecule has 0 bridgehead atoms.